The molecule has 2 amide bonds. The van der Waals surface area contributed by atoms with E-state index in [0.29, 0.717) is 17.8 Å². The lowest BCUT2D eigenvalue weighted by molar-refractivity contribution is -0.122. The summed E-state index contributed by atoms with van der Waals surface area (Å²) in [5.74, 6) is -0.135. The lowest BCUT2D eigenvalue weighted by Gasteiger charge is -2.25. The lowest BCUT2D eigenvalue weighted by atomic mass is 10.00. The lowest BCUT2D eigenvalue weighted by Crippen LogP contribution is -2.43. The molecular weight excluding hydrogens is 436 g/mol. The highest BCUT2D eigenvalue weighted by atomic mass is 16.2. The van der Waals surface area contributed by atoms with Crippen LogP contribution in [-0.2, 0) is 9.59 Å². The van der Waals surface area contributed by atoms with Crippen molar-refractivity contribution in [2.75, 3.05) is 35.8 Å². The van der Waals surface area contributed by atoms with Gasteiger partial charge in [-0.05, 0) is 42.7 Å². The average Bonchev–Trinajstić information content (AvgIpc) is 2.95. The third-order valence-electron chi connectivity index (χ3n) is 6.00. The summed E-state index contributed by atoms with van der Waals surface area (Å²) in [6, 6.07) is 24.7. The third kappa shape index (κ3) is 5.60. The Balaban J connectivity index is 1.67. The molecule has 6 nitrogen and oxygen atoms in total. The van der Waals surface area contributed by atoms with Gasteiger partial charge in [0.15, 0.2) is 0 Å². The second-order valence-electron chi connectivity index (χ2n) is 9.42. The maximum Gasteiger partial charge on any atom is 0.252 e. The number of para-hydroxylation sites is 1. The van der Waals surface area contributed by atoms with E-state index >= 15 is 0 Å². The molecule has 0 bridgehead atoms. The minimum Gasteiger partial charge on any atom is -0.378 e. The summed E-state index contributed by atoms with van der Waals surface area (Å²) in [5.41, 5.74) is 5.01. The molecule has 0 saturated heterocycles. The van der Waals surface area contributed by atoms with Crippen LogP contribution in [0.15, 0.2) is 83.9 Å². The summed E-state index contributed by atoms with van der Waals surface area (Å²) in [7, 11) is 3.94. The van der Waals surface area contributed by atoms with E-state index < -0.39 is 6.04 Å². The quantitative estimate of drug-likeness (QED) is 0.531. The van der Waals surface area contributed by atoms with Gasteiger partial charge in [0.1, 0.15) is 12.6 Å². The molecule has 1 atom stereocenters. The van der Waals surface area contributed by atoms with Crippen molar-refractivity contribution in [3.05, 3.63) is 90.0 Å². The first-order valence-corrected chi connectivity index (χ1v) is 11.9. The van der Waals surface area contributed by atoms with Crippen LogP contribution in [0, 0.1) is 5.92 Å². The van der Waals surface area contributed by atoms with Crippen LogP contribution in [0.1, 0.15) is 31.4 Å². The largest absolute Gasteiger partial charge is 0.378 e. The monoisotopic (exact) mass is 468 g/mol. The van der Waals surface area contributed by atoms with E-state index in [9.17, 15) is 9.59 Å². The molecular formula is C29H32N4O2. The van der Waals surface area contributed by atoms with Crippen LogP contribution < -0.4 is 15.1 Å². The van der Waals surface area contributed by atoms with Crippen molar-refractivity contribution < 1.29 is 9.59 Å². The normalized spacial score (nSPS) is 15.3. The molecule has 1 aliphatic rings. The summed E-state index contributed by atoms with van der Waals surface area (Å²) < 4.78 is 0. The van der Waals surface area contributed by atoms with E-state index in [2.05, 4.69) is 19.2 Å². The van der Waals surface area contributed by atoms with Gasteiger partial charge in [0.05, 0.1) is 11.4 Å². The number of hydrogen-bond donors (Lipinski definition) is 1. The molecule has 3 aromatic carbocycles. The first-order valence-electron chi connectivity index (χ1n) is 11.9. The molecule has 0 aromatic heterocycles. The molecule has 0 saturated carbocycles. The number of rotatable bonds is 7. The number of benzene rings is 3. The van der Waals surface area contributed by atoms with Gasteiger partial charge in [0.2, 0.25) is 5.91 Å². The van der Waals surface area contributed by atoms with Gasteiger partial charge in [-0.1, -0.05) is 62.4 Å². The number of hydrogen-bond acceptors (Lipinski definition) is 4. The predicted octanol–water partition coefficient (Wildman–Crippen LogP) is 4.99. The number of carbonyl (C=O) groups excluding carboxylic acids is 2. The second-order valence-corrected chi connectivity index (χ2v) is 9.42. The maximum atomic E-state index is 13.8. The van der Waals surface area contributed by atoms with E-state index in [4.69, 9.17) is 4.99 Å². The number of nitrogens with zero attached hydrogens (tertiary/aromatic N) is 3. The van der Waals surface area contributed by atoms with Crippen molar-refractivity contribution in [2.45, 2.75) is 26.3 Å². The Bertz CT molecular complexity index is 1220. The summed E-state index contributed by atoms with van der Waals surface area (Å²) in [5, 5.41) is 2.94. The van der Waals surface area contributed by atoms with Crippen LogP contribution in [0.25, 0.3) is 0 Å². The van der Waals surface area contributed by atoms with E-state index in [1.54, 1.807) is 4.90 Å². The molecule has 180 valence electrons. The first-order chi connectivity index (χ1) is 16.8. The number of carbonyl (C=O) groups is 2. The molecule has 0 unspecified atom stereocenters. The van der Waals surface area contributed by atoms with Gasteiger partial charge in [-0.2, -0.15) is 0 Å². The molecule has 0 fully saturated rings. The standard InChI is InChI=1S/C29H32N4O2/c1-20(2)18-25-29(35)33(19-27(34)30-22-14-16-23(17-15-22)32(3)4)26-13-9-8-12-24(26)28(31-25)21-10-6-5-7-11-21/h5-17,20,25H,18-19H2,1-4H3,(H,30,34)/t25-/m1/s1. The van der Waals surface area contributed by atoms with Gasteiger partial charge < -0.3 is 15.1 Å². The summed E-state index contributed by atoms with van der Waals surface area (Å²) in [4.78, 5) is 35.4. The van der Waals surface area contributed by atoms with E-state index in [-0.39, 0.29) is 24.3 Å². The first kappa shape index (κ1) is 24.2. The van der Waals surface area contributed by atoms with Crippen molar-refractivity contribution in [3.63, 3.8) is 0 Å². The van der Waals surface area contributed by atoms with Gasteiger partial charge in [-0.25, -0.2) is 0 Å². The van der Waals surface area contributed by atoms with E-state index in [0.717, 1.165) is 22.5 Å². The summed E-state index contributed by atoms with van der Waals surface area (Å²) in [6.45, 7) is 4.08. The molecule has 1 N–H and O–H groups in total. The minimum atomic E-state index is -0.565. The van der Waals surface area contributed by atoms with Gasteiger partial charge in [0, 0.05) is 36.6 Å². The average molecular weight is 469 g/mol. The zero-order valence-corrected chi connectivity index (χ0v) is 20.7. The number of anilines is 3. The van der Waals surface area contributed by atoms with Gasteiger partial charge in [-0.15, -0.1) is 0 Å². The van der Waals surface area contributed by atoms with Crippen LogP contribution >= 0.6 is 0 Å². The zero-order valence-electron chi connectivity index (χ0n) is 20.7. The van der Waals surface area contributed by atoms with Crippen LogP contribution in [0.4, 0.5) is 17.1 Å². The van der Waals surface area contributed by atoms with Crippen LogP contribution in [-0.4, -0.2) is 44.2 Å². The fourth-order valence-electron chi connectivity index (χ4n) is 4.26. The molecule has 0 spiro atoms. The molecule has 1 heterocycles. The molecule has 3 aromatic rings. The molecule has 0 radical (unpaired) electrons. The Kier molecular flexibility index (Phi) is 7.30. The third-order valence-corrected chi connectivity index (χ3v) is 6.00. The summed E-state index contributed by atoms with van der Waals surface area (Å²) in [6.07, 6.45) is 0.604. The Morgan fingerprint density at radius 1 is 0.971 bits per heavy atom. The van der Waals surface area contributed by atoms with E-state index in [1.165, 1.54) is 0 Å². The smallest absolute Gasteiger partial charge is 0.252 e. The fourth-order valence-corrected chi connectivity index (χ4v) is 4.26. The van der Waals surface area contributed by atoms with Gasteiger partial charge >= 0.3 is 0 Å². The Morgan fingerprint density at radius 3 is 2.29 bits per heavy atom. The topological polar surface area (TPSA) is 65.0 Å². The van der Waals surface area contributed by atoms with Crippen molar-refractivity contribution in [1.82, 2.24) is 0 Å². The number of nitrogens with one attached hydrogen (secondary N) is 1. The van der Waals surface area contributed by atoms with Crippen LogP contribution in [0.5, 0.6) is 0 Å². The molecule has 4 rings (SSSR count). The SMILES string of the molecule is CC(C)C[C@H]1N=C(c2ccccc2)c2ccccc2N(CC(=O)Nc2ccc(N(C)C)cc2)C1=O. The Morgan fingerprint density at radius 2 is 1.63 bits per heavy atom. The highest BCUT2D eigenvalue weighted by molar-refractivity contribution is 6.21. The van der Waals surface area contributed by atoms with Gasteiger partial charge in [-0.3, -0.25) is 14.6 Å². The second kappa shape index (κ2) is 10.6. The molecule has 35 heavy (non-hydrogen) atoms. The Hall–Kier alpha value is -3.93. The van der Waals surface area contributed by atoms with Crippen molar-refractivity contribution >= 4 is 34.6 Å². The highest BCUT2D eigenvalue weighted by Crippen LogP contribution is 2.30. The minimum absolute atomic E-state index is 0.0858. The van der Waals surface area contributed by atoms with Crippen molar-refractivity contribution in [2.24, 2.45) is 10.9 Å². The zero-order chi connectivity index (χ0) is 24.9. The van der Waals surface area contributed by atoms with Gasteiger partial charge in [0.25, 0.3) is 5.91 Å². The predicted molar refractivity (Wildman–Crippen MR) is 144 cm³/mol. The highest BCUT2D eigenvalue weighted by Gasteiger charge is 2.33. The number of benzodiazepines with no additional fused rings is 1. The number of amides is 2. The number of fused-ring (bicyclic) bond motifs is 1. The maximum absolute atomic E-state index is 13.8. The number of aliphatic imine (C=N–C) groups is 1. The molecule has 0 aliphatic carbocycles. The van der Waals surface area contributed by atoms with E-state index in [1.807, 2.05) is 97.9 Å². The fraction of sp³-hybridized carbons (Fsp3) is 0.276. The van der Waals surface area contributed by atoms with Crippen molar-refractivity contribution in [3.8, 4) is 0 Å². The molecule has 1 aliphatic heterocycles. The Labute approximate surface area is 207 Å². The van der Waals surface area contributed by atoms with Crippen molar-refractivity contribution in [1.29, 1.82) is 0 Å². The summed E-state index contributed by atoms with van der Waals surface area (Å²) >= 11 is 0. The molecule has 6 heteroatoms. The van der Waals surface area contributed by atoms with Crippen LogP contribution in [0.2, 0.25) is 0 Å². The van der Waals surface area contributed by atoms with Crippen LogP contribution in [0.3, 0.4) is 0 Å².